The molecule has 0 fully saturated rings. The second-order valence-electron chi connectivity index (χ2n) is 7.94. The van der Waals surface area contributed by atoms with Crippen molar-refractivity contribution in [1.29, 1.82) is 0 Å². The lowest BCUT2D eigenvalue weighted by molar-refractivity contribution is 0.0952. The number of rotatable bonds is 7. The average molecular weight is 414 g/mol. The molecular weight excluding hydrogens is 386 g/mol. The van der Waals surface area contributed by atoms with Crippen molar-refractivity contribution in [1.82, 2.24) is 24.9 Å². The van der Waals surface area contributed by atoms with Gasteiger partial charge in [-0.05, 0) is 43.2 Å². The van der Waals surface area contributed by atoms with Crippen LogP contribution in [0.4, 0.5) is 0 Å². The maximum atomic E-state index is 12.9. The molecule has 0 atom stereocenters. The molecule has 1 N–H and O–H groups in total. The van der Waals surface area contributed by atoms with E-state index >= 15 is 0 Å². The standard InChI is InChI=1S/C25H27N5O/c1-18(2)24-23(17-27-30(24)22-11-9-19(3)10-12-22)25(31)26-15-13-20-14-16-29(28-20)21-7-5-4-6-8-21/h4-12,14,16-18H,13,15H2,1-3H3,(H,26,31). The van der Waals surface area contributed by atoms with E-state index in [0.29, 0.717) is 18.5 Å². The molecule has 31 heavy (non-hydrogen) atoms. The number of aryl methyl sites for hydroxylation is 1. The summed E-state index contributed by atoms with van der Waals surface area (Å²) in [4.78, 5) is 12.9. The zero-order valence-corrected chi connectivity index (χ0v) is 18.1. The van der Waals surface area contributed by atoms with Crippen LogP contribution in [0.1, 0.15) is 47.1 Å². The van der Waals surface area contributed by atoms with E-state index < -0.39 is 0 Å². The van der Waals surface area contributed by atoms with Crippen LogP contribution >= 0.6 is 0 Å². The summed E-state index contributed by atoms with van der Waals surface area (Å²) in [6.45, 7) is 6.72. The Bertz CT molecular complexity index is 1160. The number of aromatic nitrogens is 4. The highest BCUT2D eigenvalue weighted by atomic mass is 16.1. The number of nitrogens with one attached hydrogen (secondary N) is 1. The minimum absolute atomic E-state index is 0.107. The van der Waals surface area contributed by atoms with Crippen molar-refractivity contribution in [3.8, 4) is 11.4 Å². The van der Waals surface area contributed by atoms with Crippen LogP contribution in [0.15, 0.2) is 73.1 Å². The van der Waals surface area contributed by atoms with Gasteiger partial charge in [0.15, 0.2) is 0 Å². The Labute approximate surface area is 182 Å². The average Bonchev–Trinajstić information content (AvgIpc) is 3.42. The van der Waals surface area contributed by atoms with Gasteiger partial charge < -0.3 is 5.32 Å². The molecule has 0 saturated heterocycles. The van der Waals surface area contributed by atoms with Crippen LogP contribution in [-0.2, 0) is 6.42 Å². The fraction of sp³-hybridized carbons (Fsp3) is 0.240. The molecule has 0 saturated carbocycles. The number of para-hydroxylation sites is 1. The van der Waals surface area contributed by atoms with Gasteiger partial charge in [-0.1, -0.05) is 49.7 Å². The summed E-state index contributed by atoms with van der Waals surface area (Å²) >= 11 is 0. The molecule has 6 nitrogen and oxygen atoms in total. The molecule has 0 unspecified atom stereocenters. The Morgan fingerprint density at radius 3 is 2.45 bits per heavy atom. The maximum absolute atomic E-state index is 12.9. The minimum Gasteiger partial charge on any atom is -0.352 e. The molecule has 0 bridgehead atoms. The Kier molecular flexibility index (Phi) is 5.98. The number of carbonyl (C=O) groups excluding carboxylic acids is 1. The molecule has 0 aliphatic heterocycles. The third kappa shape index (κ3) is 4.58. The van der Waals surface area contributed by atoms with Gasteiger partial charge in [-0.2, -0.15) is 10.2 Å². The van der Waals surface area contributed by atoms with Crippen molar-refractivity contribution in [2.75, 3.05) is 6.54 Å². The van der Waals surface area contributed by atoms with E-state index in [1.54, 1.807) is 6.20 Å². The molecule has 2 aromatic carbocycles. The van der Waals surface area contributed by atoms with E-state index in [1.807, 2.05) is 64.1 Å². The molecule has 4 rings (SSSR count). The van der Waals surface area contributed by atoms with E-state index in [2.05, 4.69) is 48.4 Å². The van der Waals surface area contributed by atoms with Crippen LogP contribution < -0.4 is 5.32 Å². The second kappa shape index (κ2) is 9.00. The Morgan fingerprint density at radius 1 is 1.00 bits per heavy atom. The zero-order valence-electron chi connectivity index (χ0n) is 18.1. The monoisotopic (exact) mass is 413 g/mol. The third-order valence-corrected chi connectivity index (χ3v) is 5.21. The van der Waals surface area contributed by atoms with Crippen molar-refractivity contribution in [2.24, 2.45) is 0 Å². The molecule has 2 aromatic heterocycles. The molecule has 6 heteroatoms. The Balaban J connectivity index is 1.43. The Hall–Kier alpha value is -3.67. The van der Waals surface area contributed by atoms with Crippen molar-refractivity contribution in [2.45, 2.75) is 33.1 Å². The largest absolute Gasteiger partial charge is 0.352 e. The summed E-state index contributed by atoms with van der Waals surface area (Å²) in [7, 11) is 0. The predicted molar refractivity (Wildman–Crippen MR) is 122 cm³/mol. The number of carbonyl (C=O) groups is 1. The second-order valence-corrected chi connectivity index (χ2v) is 7.94. The lowest BCUT2D eigenvalue weighted by Gasteiger charge is -2.13. The van der Waals surface area contributed by atoms with E-state index in [4.69, 9.17) is 0 Å². The van der Waals surface area contributed by atoms with E-state index in [-0.39, 0.29) is 11.8 Å². The van der Waals surface area contributed by atoms with E-state index in [1.165, 1.54) is 5.56 Å². The van der Waals surface area contributed by atoms with E-state index in [0.717, 1.165) is 22.8 Å². The highest BCUT2D eigenvalue weighted by Crippen LogP contribution is 2.23. The molecule has 0 aliphatic rings. The topological polar surface area (TPSA) is 64.7 Å². The summed E-state index contributed by atoms with van der Waals surface area (Å²) in [5.74, 6) is 0.0516. The van der Waals surface area contributed by atoms with Gasteiger partial charge in [0.1, 0.15) is 0 Å². The molecule has 4 aromatic rings. The molecule has 158 valence electrons. The molecule has 0 radical (unpaired) electrons. The molecule has 0 spiro atoms. The molecule has 2 heterocycles. The van der Waals surface area contributed by atoms with Crippen LogP contribution in [0.25, 0.3) is 11.4 Å². The Morgan fingerprint density at radius 2 is 1.74 bits per heavy atom. The summed E-state index contributed by atoms with van der Waals surface area (Å²) in [6, 6.07) is 20.1. The number of hydrogen-bond acceptors (Lipinski definition) is 3. The lowest BCUT2D eigenvalue weighted by Crippen LogP contribution is -2.27. The number of amides is 1. The van der Waals surface area contributed by atoms with Crippen LogP contribution in [-0.4, -0.2) is 32.0 Å². The third-order valence-electron chi connectivity index (χ3n) is 5.21. The molecular formula is C25H27N5O. The first kappa shape index (κ1) is 20.6. The number of nitrogens with zero attached hydrogens (tertiary/aromatic N) is 4. The number of hydrogen-bond donors (Lipinski definition) is 1. The normalized spacial score (nSPS) is 11.1. The highest BCUT2D eigenvalue weighted by Gasteiger charge is 2.20. The van der Waals surface area contributed by atoms with Gasteiger partial charge in [0.05, 0.1) is 34.5 Å². The van der Waals surface area contributed by atoms with Crippen LogP contribution in [0.3, 0.4) is 0 Å². The smallest absolute Gasteiger partial charge is 0.254 e. The van der Waals surface area contributed by atoms with Crippen LogP contribution in [0.5, 0.6) is 0 Å². The van der Waals surface area contributed by atoms with Crippen LogP contribution in [0.2, 0.25) is 0 Å². The van der Waals surface area contributed by atoms with E-state index in [9.17, 15) is 4.79 Å². The summed E-state index contributed by atoms with van der Waals surface area (Å²) in [6.07, 6.45) is 4.26. The van der Waals surface area contributed by atoms with Crippen molar-refractivity contribution in [3.05, 3.63) is 95.6 Å². The first-order chi connectivity index (χ1) is 15.0. The van der Waals surface area contributed by atoms with Gasteiger partial charge in [-0.15, -0.1) is 0 Å². The molecule has 0 aliphatic carbocycles. The van der Waals surface area contributed by atoms with Gasteiger partial charge >= 0.3 is 0 Å². The van der Waals surface area contributed by atoms with Gasteiger partial charge in [-0.25, -0.2) is 9.36 Å². The first-order valence-electron chi connectivity index (χ1n) is 10.6. The van der Waals surface area contributed by atoms with Crippen LogP contribution in [0, 0.1) is 6.92 Å². The van der Waals surface area contributed by atoms with Crippen molar-refractivity contribution in [3.63, 3.8) is 0 Å². The minimum atomic E-state index is -0.107. The number of benzene rings is 2. The first-order valence-corrected chi connectivity index (χ1v) is 10.6. The fourth-order valence-electron chi connectivity index (χ4n) is 3.60. The van der Waals surface area contributed by atoms with Gasteiger partial charge in [0, 0.05) is 19.2 Å². The van der Waals surface area contributed by atoms with Crippen molar-refractivity contribution >= 4 is 5.91 Å². The fourth-order valence-corrected chi connectivity index (χ4v) is 3.60. The van der Waals surface area contributed by atoms with Gasteiger partial charge in [0.2, 0.25) is 0 Å². The lowest BCUT2D eigenvalue weighted by atomic mass is 10.0. The summed E-state index contributed by atoms with van der Waals surface area (Å²) in [5.41, 5.74) is 5.63. The quantitative estimate of drug-likeness (QED) is 0.486. The molecule has 1 amide bonds. The van der Waals surface area contributed by atoms with Gasteiger partial charge in [0.25, 0.3) is 5.91 Å². The summed E-state index contributed by atoms with van der Waals surface area (Å²) in [5, 5.41) is 12.1. The van der Waals surface area contributed by atoms with Crippen molar-refractivity contribution < 1.29 is 4.79 Å². The SMILES string of the molecule is Cc1ccc(-n2ncc(C(=O)NCCc3ccn(-c4ccccc4)n3)c2C(C)C)cc1. The van der Waals surface area contributed by atoms with Gasteiger partial charge in [-0.3, -0.25) is 4.79 Å². The maximum Gasteiger partial charge on any atom is 0.254 e. The zero-order chi connectivity index (χ0) is 21.8. The predicted octanol–water partition coefficient (Wildman–Crippen LogP) is 4.46. The highest BCUT2D eigenvalue weighted by molar-refractivity contribution is 5.95. The summed E-state index contributed by atoms with van der Waals surface area (Å²) < 4.78 is 3.71.